The number of nitrogens with zero attached hydrogens (tertiary/aromatic N) is 6. The van der Waals surface area contributed by atoms with Crippen molar-refractivity contribution in [3.05, 3.63) is 41.2 Å². The van der Waals surface area contributed by atoms with Crippen LogP contribution >= 0.6 is 0 Å². The molecule has 0 unspecified atom stereocenters. The third-order valence-corrected chi connectivity index (χ3v) is 5.22. The molecule has 2 aliphatic heterocycles. The number of aromatic nitrogens is 3. The van der Waals surface area contributed by atoms with E-state index in [-0.39, 0.29) is 0 Å². The van der Waals surface area contributed by atoms with E-state index in [1.807, 2.05) is 6.07 Å². The molecule has 0 aliphatic carbocycles. The predicted octanol–water partition coefficient (Wildman–Crippen LogP) is 1.35. The summed E-state index contributed by atoms with van der Waals surface area (Å²) in [5.74, 6) is 1.11. The number of hydrogen-bond acceptors (Lipinski definition) is 9. The maximum absolute atomic E-state index is 5.90. The summed E-state index contributed by atoms with van der Waals surface area (Å²) in [4.78, 5) is 22.5. The lowest BCUT2D eigenvalue weighted by molar-refractivity contribution is 0.0317. The molecule has 0 amide bonds. The van der Waals surface area contributed by atoms with Crippen molar-refractivity contribution < 1.29 is 14.2 Å². The first kappa shape index (κ1) is 21.6. The van der Waals surface area contributed by atoms with Crippen molar-refractivity contribution in [2.24, 2.45) is 4.99 Å². The second-order valence-corrected chi connectivity index (χ2v) is 7.64. The standard InChI is InChI=1S/C22H30N6O3/c1-18-3-2-4-19(15-18)16-23-17-20-24-21(28-8-12-30-13-9-28)26-22(25-20)31-14-7-27-5-10-29-11-6-27/h2-4,15,17H,5-14,16H2,1H3. The Kier molecular flexibility index (Phi) is 7.76. The minimum absolute atomic E-state index is 0.335. The molecular formula is C22H30N6O3. The SMILES string of the molecule is Cc1cccc(CN=Cc2nc(OCCN3CCOCC3)nc(N3CCOCC3)n2)c1. The van der Waals surface area contributed by atoms with E-state index < -0.39 is 0 Å². The van der Waals surface area contributed by atoms with Crippen LogP contribution in [0.5, 0.6) is 6.01 Å². The van der Waals surface area contributed by atoms with Crippen LogP contribution in [-0.2, 0) is 16.0 Å². The normalized spacial score (nSPS) is 17.9. The molecule has 166 valence electrons. The zero-order valence-electron chi connectivity index (χ0n) is 18.1. The largest absolute Gasteiger partial charge is 0.462 e. The number of anilines is 1. The van der Waals surface area contributed by atoms with Gasteiger partial charge in [-0.1, -0.05) is 29.8 Å². The average molecular weight is 427 g/mol. The lowest BCUT2D eigenvalue weighted by Gasteiger charge is -2.27. The second kappa shape index (κ2) is 11.1. The summed E-state index contributed by atoms with van der Waals surface area (Å²) in [5, 5.41) is 0. The summed E-state index contributed by atoms with van der Waals surface area (Å²) in [6, 6.07) is 8.65. The first-order chi connectivity index (χ1) is 15.3. The summed E-state index contributed by atoms with van der Waals surface area (Å²) < 4.78 is 16.7. The molecule has 9 heteroatoms. The van der Waals surface area contributed by atoms with E-state index >= 15 is 0 Å². The molecule has 0 atom stereocenters. The highest BCUT2D eigenvalue weighted by Crippen LogP contribution is 2.14. The molecule has 0 radical (unpaired) electrons. The van der Waals surface area contributed by atoms with Gasteiger partial charge in [-0.15, -0.1) is 0 Å². The van der Waals surface area contributed by atoms with E-state index in [1.54, 1.807) is 6.21 Å². The van der Waals surface area contributed by atoms with Crippen molar-refractivity contribution >= 4 is 12.2 Å². The van der Waals surface area contributed by atoms with Gasteiger partial charge >= 0.3 is 6.01 Å². The summed E-state index contributed by atoms with van der Waals surface area (Å²) in [7, 11) is 0. The van der Waals surface area contributed by atoms with Crippen molar-refractivity contribution in [3.63, 3.8) is 0 Å². The summed E-state index contributed by atoms with van der Waals surface area (Å²) in [6.07, 6.45) is 1.70. The van der Waals surface area contributed by atoms with Crippen LogP contribution < -0.4 is 9.64 Å². The van der Waals surface area contributed by atoms with Gasteiger partial charge in [-0.2, -0.15) is 15.0 Å². The van der Waals surface area contributed by atoms with Gasteiger partial charge in [0.2, 0.25) is 5.95 Å². The third-order valence-electron chi connectivity index (χ3n) is 5.22. The van der Waals surface area contributed by atoms with Crippen LogP contribution in [0.25, 0.3) is 0 Å². The molecule has 1 aromatic carbocycles. The van der Waals surface area contributed by atoms with Crippen molar-refractivity contribution in [2.75, 3.05) is 70.7 Å². The quantitative estimate of drug-likeness (QED) is 0.585. The molecule has 2 aliphatic rings. The van der Waals surface area contributed by atoms with Gasteiger partial charge in [0.05, 0.1) is 39.2 Å². The molecule has 1 aromatic heterocycles. The molecule has 2 saturated heterocycles. The Labute approximate surface area is 183 Å². The molecule has 4 rings (SSSR count). The lowest BCUT2D eigenvalue weighted by Crippen LogP contribution is -2.39. The molecule has 9 nitrogen and oxygen atoms in total. The van der Waals surface area contributed by atoms with Gasteiger partial charge in [0.25, 0.3) is 0 Å². The van der Waals surface area contributed by atoms with Gasteiger partial charge in [0.1, 0.15) is 6.61 Å². The minimum Gasteiger partial charge on any atom is -0.462 e. The van der Waals surface area contributed by atoms with Crippen LogP contribution in [-0.4, -0.2) is 91.8 Å². The van der Waals surface area contributed by atoms with E-state index in [4.69, 9.17) is 14.2 Å². The Morgan fingerprint density at radius 3 is 2.58 bits per heavy atom. The number of morpholine rings is 2. The van der Waals surface area contributed by atoms with Gasteiger partial charge < -0.3 is 19.1 Å². The fourth-order valence-electron chi connectivity index (χ4n) is 3.52. The van der Waals surface area contributed by atoms with E-state index in [2.05, 4.69) is 54.9 Å². The fraction of sp³-hybridized carbons (Fsp3) is 0.545. The topological polar surface area (TPSA) is 85.2 Å². The first-order valence-corrected chi connectivity index (χ1v) is 10.8. The van der Waals surface area contributed by atoms with Crippen LogP contribution in [0.3, 0.4) is 0 Å². The number of aliphatic imine (C=N–C) groups is 1. The Hall–Kier alpha value is -2.62. The van der Waals surface area contributed by atoms with E-state index in [0.717, 1.165) is 51.5 Å². The number of aryl methyl sites for hydroxylation is 1. The highest BCUT2D eigenvalue weighted by molar-refractivity contribution is 5.75. The van der Waals surface area contributed by atoms with Gasteiger partial charge in [-0.05, 0) is 12.5 Å². The molecule has 3 heterocycles. The van der Waals surface area contributed by atoms with Crippen molar-refractivity contribution in [3.8, 4) is 6.01 Å². The lowest BCUT2D eigenvalue weighted by atomic mass is 10.1. The molecule has 31 heavy (non-hydrogen) atoms. The predicted molar refractivity (Wildman–Crippen MR) is 118 cm³/mol. The maximum atomic E-state index is 5.90. The van der Waals surface area contributed by atoms with E-state index in [0.29, 0.717) is 44.1 Å². The molecule has 0 spiro atoms. The molecule has 2 aromatic rings. The number of ether oxygens (including phenoxy) is 3. The molecular weight excluding hydrogens is 396 g/mol. The van der Waals surface area contributed by atoms with Crippen LogP contribution in [0.1, 0.15) is 17.0 Å². The molecule has 0 saturated carbocycles. The van der Waals surface area contributed by atoms with Gasteiger partial charge in [-0.3, -0.25) is 9.89 Å². The van der Waals surface area contributed by atoms with Crippen molar-refractivity contribution in [2.45, 2.75) is 13.5 Å². The summed E-state index contributed by atoms with van der Waals surface area (Å²) >= 11 is 0. The van der Waals surface area contributed by atoms with Crippen molar-refractivity contribution in [1.29, 1.82) is 0 Å². The van der Waals surface area contributed by atoms with Crippen LogP contribution in [0.2, 0.25) is 0 Å². The summed E-state index contributed by atoms with van der Waals surface area (Å²) in [6.45, 7) is 10.2. The average Bonchev–Trinajstić information content (AvgIpc) is 2.80. The Morgan fingerprint density at radius 2 is 1.81 bits per heavy atom. The Morgan fingerprint density at radius 1 is 1.03 bits per heavy atom. The zero-order chi connectivity index (χ0) is 21.3. The van der Waals surface area contributed by atoms with Crippen molar-refractivity contribution in [1.82, 2.24) is 19.9 Å². The Bertz CT molecular complexity index is 866. The zero-order valence-corrected chi connectivity index (χ0v) is 18.1. The minimum atomic E-state index is 0.335. The van der Waals surface area contributed by atoms with Crippen LogP contribution in [0.4, 0.5) is 5.95 Å². The monoisotopic (exact) mass is 426 g/mol. The smallest absolute Gasteiger partial charge is 0.321 e. The molecule has 0 bridgehead atoms. The maximum Gasteiger partial charge on any atom is 0.321 e. The highest BCUT2D eigenvalue weighted by atomic mass is 16.5. The summed E-state index contributed by atoms with van der Waals surface area (Å²) in [5.41, 5.74) is 2.37. The first-order valence-electron chi connectivity index (χ1n) is 10.8. The van der Waals surface area contributed by atoms with Gasteiger partial charge in [0, 0.05) is 32.7 Å². The number of rotatable bonds is 8. The fourth-order valence-corrected chi connectivity index (χ4v) is 3.52. The third kappa shape index (κ3) is 6.68. The van der Waals surface area contributed by atoms with Gasteiger partial charge in [0.15, 0.2) is 5.82 Å². The number of hydrogen-bond donors (Lipinski definition) is 0. The number of benzene rings is 1. The molecule has 2 fully saturated rings. The van der Waals surface area contributed by atoms with Gasteiger partial charge in [-0.25, -0.2) is 0 Å². The highest BCUT2D eigenvalue weighted by Gasteiger charge is 2.17. The molecule has 0 N–H and O–H groups in total. The van der Waals surface area contributed by atoms with Crippen LogP contribution in [0, 0.1) is 6.92 Å². The van der Waals surface area contributed by atoms with E-state index in [9.17, 15) is 0 Å². The second-order valence-electron chi connectivity index (χ2n) is 7.64. The van der Waals surface area contributed by atoms with E-state index in [1.165, 1.54) is 5.56 Å². The Balaban J connectivity index is 1.43. The van der Waals surface area contributed by atoms with Crippen LogP contribution in [0.15, 0.2) is 29.3 Å².